The van der Waals surface area contributed by atoms with Gasteiger partial charge in [-0.1, -0.05) is 12.2 Å². The zero-order valence-corrected chi connectivity index (χ0v) is 12.1. The van der Waals surface area contributed by atoms with Gasteiger partial charge in [0.25, 0.3) is 0 Å². The molecule has 108 valence electrons. The van der Waals surface area contributed by atoms with E-state index in [9.17, 15) is 9.90 Å². The van der Waals surface area contributed by atoms with Crippen LogP contribution in [0.5, 0.6) is 0 Å². The molecule has 1 amide bonds. The van der Waals surface area contributed by atoms with E-state index in [1.54, 1.807) is 0 Å². The Morgan fingerprint density at radius 3 is 2.53 bits per heavy atom. The molecule has 2 rings (SSSR count). The number of hydrogen-bond donors (Lipinski definition) is 1. The molecular formula is C15H26N2O2. The standard InChI is InChI=1S/C15H26N2O2/c1-15(2,19)12-16-7-9-17(10-8-16)14(18)11-13-5-3-4-6-13/h3,5,13,19H,4,6-12H2,1-2H3/t13-/m1/s1. The largest absolute Gasteiger partial charge is 0.389 e. The Labute approximate surface area is 116 Å². The van der Waals surface area contributed by atoms with E-state index >= 15 is 0 Å². The van der Waals surface area contributed by atoms with Gasteiger partial charge in [0.2, 0.25) is 5.91 Å². The van der Waals surface area contributed by atoms with E-state index in [4.69, 9.17) is 0 Å². The van der Waals surface area contributed by atoms with Crippen molar-refractivity contribution in [2.75, 3.05) is 32.7 Å². The molecule has 1 heterocycles. The smallest absolute Gasteiger partial charge is 0.223 e. The third-order valence-corrected chi connectivity index (χ3v) is 3.88. The quantitative estimate of drug-likeness (QED) is 0.779. The summed E-state index contributed by atoms with van der Waals surface area (Å²) in [6, 6.07) is 0. The molecule has 0 aromatic rings. The van der Waals surface area contributed by atoms with Crippen molar-refractivity contribution in [1.82, 2.24) is 9.80 Å². The van der Waals surface area contributed by atoms with E-state index in [0.29, 0.717) is 24.8 Å². The van der Waals surface area contributed by atoms with Crippen LogP contribution in [0.3, 0.4) is 0 Å². The predicted octanol–water partition coefficient (Wildman–Crippen LogP) is 1.26. The molecule has 0 unspecified atom stereocenters. The van der Waals surface area contributed by atoms with Crippen LogP contribution in [0.15, 0.2) is 12.2 Å². The maximum atomic E-state index is 12.2. The van der Waals surface area contributed by atoms with Crippen LogP contribution in [0.1, 0.15) is 33.1 Å². The first kappa shape index (κ1) is 14.5. The van der Waals surface area contributed by atoms with Crippen molar-refractivity contribution in [1.29, 1.82) is 0 Å². The van der Waals surface area contributed by atoms with Crippen molar-refractivity contribution >= 4 is 5.91 Å². The molecule has 4 nitrogen and oxygen atoms in total. The van der Waals surface area contributed by atoms with Crippen LogP contribution in [-0.4, -0.2) is 59.1 Å². The minimum atomic E-state index is -0.652. The van der Waals surface area contributed by atoms with Gasteiger partial charge in [-0.25, -0.2) is 0 Å². The Balaban J connectivity index is 1.73. The highest BCUT2D eigenvalue weighted by molar-refractivity contribution is 5.76. The van der Waals surface area contributed by atoms with Crippen LogP contribution in [0.2, 0.25) is 0 Å². The molecule has 2 aliphatic rings. The number of piperazine rings is 1. The van der Waals surface area contributed by atoms with Crippen molar-refractivity contribution in [2.45, 2.75) is 38.7 Å². The topological polar surface area (TPSA) is 43.8 Å². The Kier molecular flexibility index (Phi) is 4.63. The maximum Gasteiger partial charge on any atom is 0.223 e. The van der Waals surface area contributed by atoms with Gasteiger partial charge in [0.05, 0.1) is 5.60 Å². The molecule has 1 fully saturated rings. The number of allylic oxidation sites excluding steroid dienone is 2. The van der Waals surface area contributed by atoms with Crippen LogP contribution in [-0.2, 0) is 4.79 Å². The normalized spacial score (nSPS) is 25.0. The predicted molar refractivity (Wildman–Crippen MR) is 75.8 cm³/mol. The third-order valence-electron chi connectivity index (χ3n) is 3.88. The monoisotopic (exact) mass is 266 g/mol. The molecule has 1 N–H and O–H groups in total. The highest BCUT2D eigenvalue weighted by Gasteiger charge is 2.26. The highest BCUT2D eigenvalue weighted by atomic mass is 16.3. The summed E-state index contributed by atoms with van der Waals surface area (Å²) >= 11 is 0. The molecule has 19 heavy (non-hydrogen) atoms. The summed E-state index contributed by atoms with van der Waals surface area (Å²) in [5, 5.41) is 9.80. The van der Waals surface area contributed by atoms with Crippen LogP contribution < -0.4 is 0 Å². The molecule has 1 aliphatic heterocycles. The highest BCUT2D eigenvalue weighted by Crippen LogP contribution is 2.21. The van der Waals surface area contributed by atoms with Gasteiger partial charge in [0, 0.05) is 39.1 Å². The molecule has 0 bridgehead atoms. The van der Waals surface area contributed by atoms with Gasteiger partial charge in [-0.2, -0.15) is 0 Å². The second-order valence-electron chi connectivity index (χ2n) is 6.44. The van der Waals surface area contributed by atoms with E-state index in [0.717, 1.165) is 39.0 Å². The van der Waals surface area contributed by atoms with E-state index in [-0.39, 0.29) is 0 Å². The first-order valence-electron chi connectivity index (χ1n) is 7.33. The summed E-state index contributed by atoms with van der Waals surface area (Å²) in [6.07, 6.45) is 7.28. The number of aliphatic hydroxyl groups is 1. The Morgan fingerprint density at radius 2 is 2.00 bits per heavy atom. The summed E-state index contributed by atoms with van der Waals surface area (Å²) in [6.45, 7) is 7.68. The number of carbonyl (C=O) groups excluding carboxylic acids is 1. The molecule has 0 aromatic carbocycles. The van der Waals surface area contributed by atoms with Gasteiger partial charge in [0.15, 0.2) is 0 Å². The lowest BCUT2D eigenvalue weighted by molar-refractivity contribution is -0.133. The molecule has 1 aliphatic carbocycles. The maximum absolute atomic E-state index is 12.2. The Hall–Kier alpha value is -0.870. The second kappa shape index (κ2) is 6.06. The van der Waals surface area contributed by atoms with Gasteiger partial charge in [-0.15, -0.1) is 0 Å². The van der Waals surface area contributed by atoms with Gasteiger partial charge < -0.3 is 10.0 Å². The number of rotatable bonds is 4. The van der Waals surface area contributed by atoms with Gasteiger partial charge in [-0.05, 0) is 32.6 Å². The molecule has 0 radical (unpaired) electrons. The van der Waals surface area contributed by atoms with Gasteiger partial charge in [-0.3, -0.25) is 9.69 Å². The summed E-state index contributed by atoms with van der Waals surface area (Å²) in [4.78, 5) is 16.4. The van der Waals surface area contributed by atoms with Gasteiger partial charge in [0.1, 0.15) is 0 Å². The molecule has 1 atom stereocenters. The van der Waals surface area contributed by atoms with Crippen LogP contribution >= 0.6 is 0 Å². The second-order valence-corrected chi connectivity index (χ2v) is 6.44. The summed E-state index contributed by atoms with van der Waals surface area (Å²) in [5.41, 5.74) is -0.652. The molecule has 1 saturated heterocycles. The first-order valence-corrected chi connectivity index (χ1v) is 7.33. The van der Waals surface area contributed by atoms with Crippen LogP contribution in [0.25, 0.3) is 0 Å². The Morgan fingerprint density at radius 1 is 1.32 bits per heavy atom. The number of hydrogen-bond acceptors (Lipinski definition) is 3. The van der Waals surface area contributed by atoms with Crippen molar-refractivity contribution < 1.29 is 9.90 Å². The molecule has 0 aromatic heterocycles. The van der Waals surface area contributed by atoms with Crippen molar-refractivity contribution in [2.24, 2.45) is 5.92 Å². The SMILES string of the molecule is CC(C)(O)CN1CCN(C(=O)C[C@@H]2C=CCC2)CC1. The van der Waals surface area contributed by atoms with E-state index < -0.39 is 5.60 Å². The minimum absolute atomic E-state index is 0.291. The molecule has 4 heteroatoms. The molecule has 0 spiro atoms. The lowest BCUT2D eigenvalue weighted by Gasteiger charge is -2.37. The zero-order chi connectivity index (χ0) is 13.9. The van der Waals surface area contributed by atoms with E-state index in [1.807, 2.05) is 18.7 Å². The fraction of sp³-hybridized carbons (Fsp3) is 0.800. The fourth-order valence-electron chi connectivity index (χ4n) is 2.92. The lowest BCUT2D eigenvalue weighted by atomic mass is 10.0. The summed E-state index contributed by atoms with van der Waals surface area (Å²) < 4.78 is 0. The lowest BCUT2D eigenvalue weighted by Crippen LogP contribution is -2.52. The number of carbonyl (C=O) groups is 1. The van der Waals surface area contributed by atoms with Crippen molar-refractivity contribution in [3.05, 3.63) is 12.2 Å². The van der Waals surface area contributed by atoms with E-state index in [2.05, 4.69) is 17.1 Å². The average Bonchev–Trinajstić information content (AvgIpc) is 2.80. The van der Waals surface area contributed by atoms with Crippen molar-refractivity contribution in [3.63, 3.8) is 0 Å². The number of amides is 1. The third kappa shape index (κ3) is 4.62. The number of nitrogens with zero attached hydrogens (tertiary/aromatic N) is 2. The summed E-state index contributed by atoms with van der Waals surface area (Å²) in [7, 11) is 0. The zero-order valence-electron chi connectivity index (χ0n) is 12.1. The van der Waals surface area contributed by atoms with Crippen molar-refractivity contribution in [3.8, 4) is 0 Å². The van der Waals surface area contributed by atoms with Crippen LogP contribution in [0, 0.1) is 5.92 Å². The fourth-order valence-corrected chi connectivity index (χ4v) is 2.92. The van der Waals surface area contributed by atoms with Crippen LogP contribution in [0.4, 0.5) is 0 Å². The average molecular weight is 266 g/mol. The molecular weight excluding hydrogens is 240 g/mol. The summed E-state index contributed by atoms with van der Waals surface area (Å²) in [5.74, 6) is 0.751. The first-order chi connectivity index (χ1) is 8.94. The Bertz CT molecular complexity index is 339. The van der Waals surface area contributed by atoms with E-state index in [1.165, 1.54) is 0 Å². The van der Waals surface area contributed by atoms with Gasteiger partial charge >= 0.3 is 0 Å². The minimum Gasteiger partial charge on any atom is -0.389 e. The molecule has 0 saturated carbocycles. The number of β-amino-alcohol motifs (C(OH)–C–C–N with tert-alkyl or cyclic N) is 1.